The second kappa shape index (κ2) is 7.19. The van der Waals surface area contributed by atoms with Gasteiger partial charge in [0.2, 0.25) is 0 Å². The van der Waals surface area contributed by atoms with Crippen LogP contribution in [-0.4, -0.2) is 15.8 Å². The quantitative estimate of drug-likeness (QED) is 0.739. The second-order valence-electron chi connectivity index (χ2n) is 5.36. The Kier molecular flexibility index (Phi) is 4.82. The molecular formula is C18H17ClN4O. The topological polar surface area (TPSA) is 59.0 Å². The third-order valence-electron chi connectivity index (χ3n) is 3.55. The SMILES string of the molecule is CC(NC(=O)Nc1ccn(-c2ccccc2)n1)c1cccc(Cl)c1. The van der Waals surface area contributed by atoms with Crippen LogP contribution in [0.3, 0.4) is 0 Å². The highest BCUT2D eigenvalue weighted by Gasteiger charge is 2.11. The Balaban J connectivity index is 1.62. The second-order valence-corrected chi connectivity index (χ2v) is 5.79. The molecule has 0 aliphatic heterocycles. The molecule has 1 unspecified atom stereocenters. The van der Waals surface area contributed by atoms with Crippen LogP contribution in [0.1, 0.15) is 18.5 Å². The van der Waals surface area contributed by atoms with Gasteiger partial charge in [-0.1, -0.05) is 41.9 Å². The van der Waals surface area contributed by atoms with Crippen molar-refractivity contribution in [3.05, 3.63) is 77.4 Å². The molecule has 122 valence electrons. The summed E-state index contributed by atoms with van der Waals surface area (Å²) in [4.78, 5) is 12.1. The summed E-state index contributed by atoms with van der Waals surface area (Å²) in [6.07, 6.45) is 1.80. The lowest BCUT2D eigenvalue weighted by atomic mass is 10.1. The van der Waals surface area contributed by atoms with Crippen LogP contribution >= 0.6 is 11.6 Å². The molecule has 0 radical (unpaired) electrons. The maximum absolute atomic E-state index is 12.1. The van der Waals surface area contributed by atoms with Crippen molar-refractivity contribution in [2.45, 2.75) is 13.0 Å². The molecule has 6 heteroatoms. The zero-order chi connectivity index (χ0) is 16.9. The van der Waals surface area contributed by atoms with Gasteiger partial charge >= 0.3 is 6.03 Å². The summed E-state index contributed by atoms with van der Waals surface area (Å²) in [5, 5.41) is 10.6. The van der Waals surface area contributed by atoms with Gasteiger partial charge in [-0.3, -0.25) is 5.32 Å². The van der Waals surface area contributed by atoms with Gasteiger partial charge in [-0.2, -0.15) is 0 Å². The molecule has 2 aromatic carbocycles. The van der Waals surface area contributed by atoms with Crippen LogP contribution in [0.4, 0.5) is 10.6 Å². The molecule has 3 aromatic rings. The molecule has 2 N–H and O–H groups in total. The van der Waals surface area contributed by atoms with Crippen LogP contribution in [-0.2, 0) is 0 Å². The zero-order valence-corrected chi connectivity index (χ0v) is 13.9. The number of carbonyl (C=O) groups excluding carboxylic acids is 1. The van der Waals surface area contributed by atoms with Crippen molar-refractivity contribution in [1.82, 2.24) is 15.1 Å². The summed E-state index contributed by atoms with van der Waals surface area (Å²) < 4.78 is 1.70. The van der Waals surface area contributed by atoms with Crippen molar-refractivity contribution in [3.63, 3.8) is 0 Å². The number of carbonyl (C=O) groups is 1. The number of nitrogens with zero attached hydrogens (tertiary/aromatic N) is 2. The molecule has 24 heavy (non-hydrogen) atoms. The molecule has 1 atom stereocenters. The van der Waals surface area contributed by atoms with E-state index in [1.807, 2.05) is 55.5 Å². The number of amides is 2. The summed E-state index contributed by atoms with van der Waals surface area (Å²) >= 11 is 5.98. The highest BCUT2D eigenvalue weighted by Crippen LogP contribution is 2.17. The van der Waals surface area contributed by atoms with E-state index >= 15 is 0 Å². The summed E-state index contributed by atoms with van der Waals surface area (Å²) in [5.41, 5.74) is 1.87. The van der Waals surface area contributed by atoms with Gasteiger partial charge in [-0.25, -0.2) is 9.48 Å². The molecule has 1 heterocycles. The Hall–Kier alpha value is -2.79. The van der Waals surface area contributed by atoms with Crippen molar-refractivity contribution in [1.29, 1.82) is 0 Å². The summed E-state index contributed by atoms with van der Waals surface area (Å²) in [5.74, 6) is 0.481. The number of hydrogen-bond donors (Lipinski definition) is 2. The van der Waals surface area contributed by atoms with Crippen LogP contribution in [0.2, 0.25) is 5.02 Å². The molecule has 1 aromatic heterocycles. The molecule has 5 nitrogen and oxygen atoms in total. The van der Waals surface area contributed by atoms with Gasteiger partial charge in [0.05, 0.1) is 11.7 Å². The normalized spacial score (nSPS) is 11.8. The Bertz CT molecular complexity index is 832. The predicted octanol–water partition coefficient (Wildman–Crippen LogP) is 4.41. The standard InChI is InChI=1S/C18H17ClN4O/c1-13(14-6-5-7-15(19)12-14)20-18(24)21-17-10-11-23(22-17)16-8-3-2-4-9-16/h2-13H,1H3,(H2,20,21,22,24). The minimum atomic E-state index is -0.319. The van der Waals surface area contributed by atoms with E-state index in [1.165, 1.54) is 0 Å². The molecule has 0 spiro atoms. The fourth-order valence-electron chi connectivity index (χ4n) is 2.32. The van der Waals surface area contributed by atoms with Crippen LogP contribution in [0, 0.1) is 0 Å². The molecule has 2 amide bonds. The number of halogens is 1. The van der Waals surface area contributed by atoms with E-state index in [1.54, 1.807) is 23.0 Å². The van der Waals surface area contributed by atoms with E-state index in [0.717, 1.165) is 11.3 Å². The molecule has 0 aliphatic carbocycles. The molecular weight excluding hydrogens is 324 g/mol. The first-order valence-electron chi connectivity index (χ1n) is 7.56. The van der Waals surface area contributed by atoms with Crippen LogP contribution in [0.5, 0.6) is 0 Å². The van der Waals surface area contributed by atoms with Crippen LogP contribution in [0.15, 0.2) is 66.9 Å². The first-order chi connectivity index (χ1) is 11.6. The molecule has 3 rings (SSSR count). The average Bonchev–Trinajstić information content (AvgIpc) is 3.04. The molecule has 0 bridgehead atoms. The number of hydrogen-bond acceptors (Lipinski definition) is 2. The number of urea groups is 1. The van der Waals surface area contributed by atoms with E-state index in [0.29, 0.717) is 10.8 Å². The fourth-order valence-corrected chi connectivity index (χ4v) is 2.52. The Morgan fingerprint density at radius 1 is 1.12 bits per heavy atom. The van der Waals surface area contributed by atoms with E-state index < -0.39 is 0 Å². The molecule has 0 saturated heterocycles. The van der Waals surface area contributed by atoms with E-state index in [2.05, 4.69) is 15.7 Å². The lowest BCUT2D eigenvalue weighted by Crippen LogP contribution is -2.31. The monoisotopic (exact) mass is 340 g/mol. The first kappa shape index (κ1) is 16.1. The van der Waals surface area contributed by atoms with Gasteiger partial charge in [0.1, 0.15) is 0 Å². The van der Waals surface area contributed by atoms with E-state index in [4.69, 9.17) is 11.6 Å². The van der Waals surface area contributed by atoms with Crippen molar-refractivity contribution in [2.24, 2.45) is 0 Å². The van der Waals surface area contributed by atoms with Gasteiger partial charge in [0.15, 0.2) is 5.82 Å². The minimum absolute atomic E-state index is 0.167. The summed E-state index contributed by atoms with van der Waals surface area (Å²) in [6, 6.07) is 18.4. The van der Waals surface area contributed by atoms with Crippen molar-refractivity contribution in [2.75, 3.05) is 5.32 Å². The van der Waals surface area contributed by atoms with Gasteiger partial charge in [0.25, 0.3) is 0 Å². The first-order valence-corrected chi connectivity index (χ1v) is 7.94. The Labute approximate surface area is 145 Å². The third-order valence-corrected chi connectivity index (χ3v) is 3.78. The number of aromatic nitrogens is 2. The number of nitrogens with one attached hydrogen (secondary N) is 2. The zero-order valence-electron chi connectivity index (χ0n) is 13.1. The third kappa shape index (κ3) is 3.94. The van der Waals surface area contributed by atoms with Gasteiger partial charge in [0, 0.05) is 17.3 Å². The van der Waals surface area contributed by atoms with E-state index in [9.17, 15) is 4.79 Å². The molecule has 0 aliphatic rings. The van der Waals surface area contributed by atoms with E-state index in [-0.39, 0.29) is 12.1 Å². The molecule has 0 saturated carbocycles. The fraction of sp³-hybridized carbons (Fsp3) is 0.111. The predicted molar refractivity (Wildman–Crippen MR) is 95.6 cm³/mol. The number of anilines is 1. The van der Waals surface area contributed by atoms with Crippen LogP contribution in [0.25, 0.3) is 5.69 Å². The van der Waals surface area contributed by atoms with Gasteiger partial charge in [-0.15, -0.1) is 5.10 Å². The maximum Gasteiger partial charge on any atom is 0.320 e. The number of para-hydroxylation sites is 1. The smallest absolute Gasteiger partial charge is 0.320 e. The maximum atomic E-state index is 12.1. The van der Waals surface area contributed by atoms with Crippen molar-refractivity contribution < 1.29 is 4.79 Å². The number of benzene rings is 2. The van der Waals surface area contributed by atoms with Gasteiger partial charge < -0.3 is 5.32 Å². The molecule has 0 fully saturated rings. The van der Waals surface area contributed by atoms with Crippen molar-refractivity contribution >= 4 is 23.4 Å². The lowest BCUT2D eigenvalue weighted by Gasteiger charge is -2.14. The van der Waals surface area contributed by atoms with Crippen molar-refractivity contribution in [3.8, 4) is 5.69 Å². The lowest BCUT2D eigenvalue weighted by molar-refractivity contribution is 0.249. The summed E-state index contributed by atoms with van der Waals surface area (Å²) in [6.45, 7) is 1.90. The Morgan fingerprint density at radius 2 is 1.92 bits per heavy atom. The minimum Gasteiger partial charge on any atom is -0.331 e. The average molecular weight is 341 g/mol. The van der Waals surface area contributed by atoms with Crippen LogP contribution < -0.4 is 10.6 Å². The summed E-state index contributed by atoms with van der Waals surface area (Å²) in [7, 11) is 0. The Morgan fingerprint density at radius 3 is 2.67 bits per heavy atom. The highest BCUT2D eigenvalue weighted by atomic mass is 35.5. The largest absolute Gasteiger partial charge is 0.331 e. The highest BCUT2D eigenvalue weighted by molar-refractivity contribution is 6.30. The van der Waals surface area contributed by atoms with Gasteiger partial charge in [-0.05, 0) is 36.8 Å². The number of rotatable bonds is 4.